The Labute approximate surface area is 110 Å². The maximum atomic E-state index is 3.63. The molecule has 0 unspecified atom stereocenters. The van der Waals surface area contributed by atoms with Gasteiger partial charge in [-0.25, -0.2) is 0 Å². The molecule has 1 aliphatic rings. The predicted octanol–water partition coefficient (Wildman–Crippen LogP) is 2.44. The maximum Gasteiger partial charge on any atom is 0.162 e. The predicted molar refractivity (Wildman–Crippen MR) is 75.0 cm³/mol. The number of thiophene rings is 1. The highest BCUT2D eigenvalue weighted by molar-refractivity contribution is 7.10. The average molecular weight is 255 g/mol. The zero-order chi connectivity index (χ0) is 11.9. The van der Waals surface area contributed by atoms with Gasteiger partial charge in [-0.2, -0.15) is 0 Å². The molecule has 0 saturated heterocycles. The summed E-state index contributed by atoms with van der Waals surface area (Å²) in [4.78, 5) is 5.08. The van der Waals surface area contributed by atoms with Crippen LogP contribution >= 0.6 is 11.3 Å². The van der Waals surface area contributed by atoms with Gasteiger partial charge in [0, 0.05) is 17.3 Å². The Hall–Kier alpha value is -1.58. The van der Waals surface area contributed by atoms with E-state index >= 15 is 0 Å². The Morgan fingerprint density at radius 3 is 3.00 bits per heavy atom. The lowest BCUT2D eigenvalue weighted by Gasteiger charge is -2.20. The van der Waals surface area contributed by atoms with Gasteiger partial charge in [-0.1, -0.05) is 24.3 Å². The molecule has 0 spiro atoms. The molecule has 2 aromatic heterocycles. The standard InChI is InChI=1S/C15H14N2S/c1-2-5-12-10(4-1)11-7-8-16-15(14(11)17-12)13-6-3-9-18-13/h1-6,9,15-17H,7-8H2/p+1/t15-/m1/s1. The van der Waals surface area contributed by atoms with Gasteiger partial charge in [0.25, 0.3) is 0 Å². The Morgan fingerprint density at radius 2 is 2.11 bits per heavy atom. The van der Waals surface area contributed by atoms with Gasteiger partial charge in [0.05, 0.1) is 17.1 Å². The lowest BCUT2D eigenvalue weighted by molar-refractivity contribution is -0.689. The van der Waals surface area contributed by atoms with Crippen LogP contribution in [-0.2, 0) is 6.42 Å². The van der Waals surface area contributed by atoms with E-state index in [1.54, 1.807) is 0 Å². The number of quaternary nitrogens is 1. The van der Waals surface area contributed by atoms with Gasteiger partial charge in [-0.05, 0) is 23.1 Å². The lowest BCUT2D eigenvalue weighted by Crippen LogP contribution is -2.87. The third-order valence-electron chi connectivity index (χ3n) is 3.80. The second kappa shape index (κ2) is 3.97. The highest BCUT2D eigenvalue weighted by Crippen LogP contribution is 2.31. The molecule has 3 heteroatoms. The minimum Gasteiger partial charge on any atom is -0.353 e. The van der Waals surface area contributed by atoms with Crippen LogP contribution in [-0.4, -0.2) is 11.5 Å². The number of nitrogens with one attached hydrogen (secondary N) is 1. The summed E-state index contributed by atoms with van der Waals surface area (Å²) >= 11 is 1.85. The summed E-state index contributed by atoms with van der Waals surface area (Å²) in [5.74, 6) is 0. The van der Waals surface area contributed by atoms with Crippen molar-refractivity contribution in [2.24, 2.45) is 0 Å². The zero-order valence-corrected chi connectivity index (χ0v) is 10.8. The number of fused-ring (bicyclic) bond motifs is 3. The van der Waals surface area contributed by atoms with Crippen molar-refractivity contribution in [1.82, 2.24) is 4.98 Å². The number of benzene rings is 1. The van der Waals surface area contributed by atoms with Crippen LogP contribution in [0.25, 0.3) is 10.9 Å². The average Bonchev–Trinajstić information content (AvgIpc) is 3.05. The van der Waals surface area contributed by atoms with E-state index in [1.807, 2.05) is 11.3 Å². The number of hydrogen-bond donors (Lipinski definition) is 2. The minimum atomic E-state index is 0.459. The molecular weight excluding hydrogens is 240 g/mol. The summed E-state index contributed by atoms with van der Waals surface area (Å²) < 4.78 is 0. The van der Waals surface area contributed by atoms with Gasteiger partial charge < -0.3 is 10.3 Å². The molecule has 0 amide bonds. The van der Waals surface area contributed by atoms with Crippen molar-refractivity contribution >= 4 is 22.2 Å². The number of nitrogens with two attached hydrogens (primary N) is 1. The van der Waals surface area contributed by atoms with Gasteiger partial charge in [-0.3, -0.25) is 0 Å². The summed E-state index contributed by atoms with van der Waals surface area (Å²) in [5.41, 5.74) is 4.20. The SMILES string of the molecule is c1csc([C@H]2[NH2+]CCc3c2[nH]c2ccccc32)c1. The summed E-state index contributed by atoms with van der Waals surface area (Å²) in [5, 5.41) is 6.02. The van der Waals surface area contributed by atoms with Crippen molar-refractivity contribution in [3.05, 3.63) is 57.9 Å². The molecule has 0 saturated carbocycles. The highest BCUT2D eigenvalue weighted by Gasteiger charge is 2.28. The van der Waals surface area contributed by atoms with E-state index in [0.717, 1.165) is 0 Å². The Morgan fingerprint density at radius 1 is 1.17 bits per heavy atom. The smallest absolute Gasteiger partial charge is 0.162 e. The molecule has 0 aliphatic carbocycles. The van der Waals surface area contributed by atoms with E-state index < -0.39 is 0 Å². The van der Waals surface area contributed by atoms with Gasteiger partial charge in [-0.15, -0.1) is 11.3 Å². The molecule has 0 fully saturated rings. The number of rotatable bonds is 1. The van der Waals surface area contributed by atoms with Crippen LogP contribution in [0, 0.1) is 0 Å². The summed E-state index contributed by atoms with van der Waals surface area (Å²) in [6.45, 7) is 1.18. The summed E-state index contributed by atoms with van der Waals surface area (Å²) in [6.07, 6.45) is 1.17. The molecule has 3 aromatic rings. The van der Waals surface area contributed by atoms with Gasteiger partial charge >= 0.3 is 0 Å². The van der Waals surface area contributed by atoms with Crippen LogP contribution in [0.2, 0.25) is 0 Å². The lowest BCUT2D eigenvalue weighted by atomic mass is 9.98. The Kier molecular flexibility index (Phi) is 2.28. The van der Waals surface area contributed by atoms with E-state index in [0.29, 0.717) is 6.04 Å². The van der Waals surface area contributed by atoms with Gasteiger partial charge in [0.15, 0.2) is 6.04 Å². The van der Waals surface area contributed by atoms with Crippen molar-refractivity contribution in [3.63, 3.8) is 0 Å². The number of para-hydroxylation sites is 1. The summed E-state index contributed by atoms with van der Waals surface area (Å²) in [6, 6.07) is 13.5. The van der Waals surface area contributed by atoms with Crippen molar-refractivity contribution in [3.8, 4) is 0 Å². The first-order valence-electron chi connectivity index (χ1n) is 6.40. The molecule has 3 N–H and O–H groups in total. The van der Waals surface area contributed by atoms with Crippen molar-refractivity contribution < 1.29 is 5.32 Å². The Bertz CT molecular complexity index is 682. The first-order valence-corrected chi connectivity index (χ1v) is 7.27. The van der Waals surface area contributed by atoms with Crippen LogP contribution < -0.4 is 5.32 Å². The van der Waals surface area contributed by atoms with Crippen LogP contribution in [0.3, 0.4) is 0 Å². The molecule has 4 rings (SSSR count). The van der Waals surface area contributed by atoms with Crippen molar-refractivity contribution in [2.75, 3.05) is 6.54 Å². The topological polar surface area (TPSA) is 32.4 Å². The first-order chi connectivity index (χ1) is 8.93. The van der Waals surface area contributed by atoms with E-state index in [2.05, 4.69) is 52.1 Å². The van der Waals surface area contributed by atoms with E-state index in [9.17, 15) is 0 Å². The van der Waals surface area contributed by atoms with E-state index in [4.69, 9.17) is 0 Å². The van der Waals surface area contributed by atoms with Crippen molar-refractivity contribution in [2.45, 2.75) is 12.5 Å². The third-order valence-corrected chi connectivity index (χ3v) is 4.76. The highest BCUT2D eigenvalue weighted by atomic mass is 32.1. The monoisotopic (exact) mass is 255 g/mol. The van der Waals surface area contributed by atoms with Gasteiger partial charge in [0.1, 0.15) is 0 Å². The van der Waals surface area contributed by atoms with Gasteiger partial charge in [0.2, 0.25) is 0 Å². The number of aromatic nitrogens is 1. The fourth-order valence-electron chi connectivity index (χ4n) is 2.99. The normalized spacial score (nSPS) is 19.0. The zero-order valence-electron chi connectivity index (χ0n) is 10.0. The molecule has 18 heavy (non-hydrogen) atoms. The second-order valence-corrected chi connectivity index (χ2v) is 5.81. The molecule has 0 bridgehead atoms. The first kappa shape index (κ1) is 10.4. The fourth-order valence-corrected chi connectivity index (χ4v) is 3.83. The Balaban J connectivity index is 1.94. The fraction of sp³-hybridized carbons (Fsp3) is 0.200. The van der Waals surface area contributed by atoms with Crippen LogP contribution in [0.4, 0.5) is 0 Å². The van der Waals surface area contributed by atoms with E-state index in [1.165, 1.54) is 40.0 Å². The molecule has 3 heterocycles. The largest absolute Gasteiger partial charge is 0.353 e. The number of H-pyrrole nitrogens is 1. The molecule has 0 radical (unpaired) electrons. The number of hydrogen-bond acceptors (Lipinski definition) is 1. The maximum absolute atomic E-state index is 3.63. The molecular formula is C15H15N2S+. The molecule has 1 aromatic carbocycles. The molecule has 2 nitrogen and oxygen atoms in total. The minimum absolute atomic E-state index is 0.459. The summed E-state index contributed by atoms with van der Waals surface area (Å²) in [7, 11) is 0. The quantitative estimate of drug-likeness (QED) is 0.669. The van der Waals surface area contributed by atoms with Crippen LogP contribution in [0.15, 0.2) is 41.8 Å². The van der Waals surface area contributed by atoms with Crippen LogP contribution in [0.5, 0.6) is 0 Å². The van der Waals surface area contributed by atoms with E-state index in [-0.39, 0.29) is 0 Å². The molecule has 1 atom stereocenters. The third kappa shape index (κ3) is 1.44. The molecule has 1 aliphatic heterocycles. The second-order valence-electron chi connectivity index (χ2n) is 4.83. The van der Waals surface area contributed by atoms with Crippen molar-refractivity contribution in [1.29, 1.82) is 0 Å². The molecule has 90 valence electrons. The van der Waals surface area contributed by atoms with Crippen LogP contribution in [0.1, 0.15) is 22.2 Å². The number of aromatic amines is 1.